The first-order chi connectivity index (χ1) is 26.0. The summed E-state index contributed by atoms with van der Waals surface area (Å²) in [7, 11) is 0. The molecule has 54 heavy (non-hydrogen) atoms. The number of aryl methyl sites for hydroxylation is 2. The van der Waals surface area contributed by atoms with Crippen LogP contribution in [0.3, 0.4) is 0 Å². The predicted molar refractivity (Wildman–Crippen MR) is 216 cm³/mol. The number of carbonyl (C=O) groups is 2. The Morgan fingerprint density at radius 2 is 1.17 bits per heavy atom. The van der Waals surface area contributed by atoms with Gasteiger partial charge in [0, 0.05) is 5.56 Å². The maximum Gasteiger partial charge on any atom is 0.335 e. The van der Waals surface area contributed by atoms with Gasteiger partial charge in [-0.3, -0.25) is 4.79 Å². The molecule has 0 amide bonds. The maximum atomic E-state index is 10.4. The predicted octanol–water partition coefficient (Wildman–Crippen LogP) is 7.99. The van der Waals surface area contributed by atoms with E-state index in [1.807, 2.05) is 31.2 Å². The number of rotatable bonds is 6. The molecule has 0 bridgehead atoms. The van der Waals surface area contributed by atoms with E-state index in [1.54, 1.807) is 12.1 Å². The maximum absolute atomic E-state index is 10.4. The third kappa shape index (κ3) is 8.46. The van der Waals surface area contributed by atoms with Crippen molar-refractivity contribution in [2.45, 2.75) is 13.8 Å². The van der Waals surface area contributed by atoms with Crippen molar-refractivity contribution < 1.29 is 19.4 Å². The lowest BCUT2D eigenvalue weighted by Gasteiger charge is -2.07. The van der Waals surface area contributed by atoms with Crippen LogP contribution >= 0.6 is 0 Å². The Labute approximate surface area is 310 Å². The number of nitrogens with one attached hydrogen (secondary N) is 2. The molecule has 12 heteroatoms. The van der Waals surface area contributed by atoms with Gasteiger partial charge in [-0.15, -0.1) is 0 Å². The van der Waals surface area contributed by atoms with Crippen molar-refractivity contribution in [3.63, 3.8) is 0 Å². The summed E-state index contributed by atoms with van der Waals surface area (Å²) in [5.41, 5.74) is 35.8. The molecule has 0 atom stereocenters. The highest BCUT2D eigenvalue weighted by Crippen LogP contribution is 2.30. The van der Waals surface area contributed by atoms with Crippen LogP contribution in [-0.2, 0) is 4.79 Å². The summed E-state index contributed by atoms with van der Waals surface area (Å²) in [4.78, 5) is 36.3. The van der Waals surface area contributed by atoms with Crippen molar-refractivity contribution in [1.29, 1.82) is 0 Å². The highest BCUT2D eigenvalue weighted by atomic mass is 16.5. The van der Waals surface area contributed by atoms with Crippen LogP contribution in [0, 0.1) is 13.8 Å². The number of carboxylic acid groups (broad SMARTS) is 1. The number of benzene rings is 6. The van der Waals surface area contributed by atoms with Crippen LogP contribution < -0.4 is 27.7 Å². The number of hydrogen-bond donors (Lipinski definition) is 7. The molecule has 11 N–H and O–H groups in total. The molecule has 8 rings (SSSR count). The number of ether oxygens (including phenoxy) is 1. The first-order valence-electron chi connectivity index (χ1n) is 16.7. The van der Waals surface area contributed by atoms with E-state index >= 15 is 0 Å². The lowest BCUT2D eigenvalue weighted by atomic mass is 10.0. The topological polar surface area (TPSA) is 225 Å². The Kier molecular flexibility index (Phi) is 10.6. The van der Waals surface area contributed by atoms with Crippen LogP contribution in [0.2, 0.25) is 0 Å². The third-order valence-electron chi connectivity index (χ3n) is 8.48. The van der Waals surface area contributed by atoms with E-state index in [0.29, 0.717) is 22.7 Å². The molecular formula is C42H38N8O4. The van der Waals surface area contributed by atoms with Crippen molar-refractivity contribution in [3.05, 3.63) is 138 Å². The number of nitrogens with zero attached hydrogens (tertiary/aromatic N) is 2. The SMILES string of the molecule is Cc1cccc(-c2nc3ccc(-c4ccc5nc(C)[nH]c5c4)cc3[nH]2)c1.Nc1ccc(-c2ccc(N)c(N)c2)cc1N.O=COc1cccc(C(=O)O)c1. The van der Waals surface area contributed by atoms with Gasteiger partial charge < -0.3 is 42.7 Å². The second-order valence-electron chi connectivity index (χ2n) is 12.5. The summed E-state index contributed by atoms with van der Waals surface area (Å²) in [5, 5.41) is 8.53. The zero-order valence-electron chi connectivity index (χ0n) is 29.5. The molecule has 0 aliphatic rings. The third-order valence-corrected chi connectivity index (χ3v) is 8.48. The second kappa shape index (κ2) is 15.7. The Hall–Kier alpha value is -7.60. The molecular weight excluding hydrogens is 681 g/mol. The highest BCUT2D eigenvalue weighted by Gasteiger charge is 2.09. The summed E-state index contributed by atoms with van der Waals surface area (Å²) >= 11 is 0. The van der Waals surface area contributed by atoms with Crippen molar-refractivity contribution in [1.82, 2.24) is 19.9 Å². The van der Waals surface area contributed by atoms with Gasteiger partial charge >= 0.3 is 5.97 Å². The van der Waals surface area contributed by atoms with E-state index < -0.39 is 5.97 Å². The fourth-order valence-electron chi connectivity index (χ4n) is 5.70. The van der Waals surface area contributed by atoms with Gasteiger partial charge in [0.05, 0.1) is 50.4 Å². The van der Waals surface area contributed by atoms with E-state index in [4.69, 9.17) is 33.0 Å². The van der Waals surface area contributed by atoms with E-state index in [9.17, 15) is 9.59 Å². The van der Waals surface area contributed by atoms with E-state index in [0.717, 1.165) is 61.5 Å². The van der Waals surface area contributed by atoms with Crippen LogP contribution in [0.5, 0.6) is 5.75 Å². The summed E-state index contributed by atoms with van der Waals surface area (Å²) in [6, 6.07) is 37.7. The molecule has 12 nitrogen and oxygen atoms in total. The molecule has 0 unspecified atom stereocenters. The van der Waals surface area contributed by atoms with E-state index in [-0.39, 0.29) is 17.8 Å². The smallest absolute Gasteiger partial charge is 0.335 e. The fourth-order valence-corrected chi connectivity index (χ4v) is 5.70. The summed E-state index contributed by atoms with van der Waals surface area (Å²) < 4.78 is 4.45. The quantitative estimate of drug-likeness (QED) is 0.0648. The molecule has 8 aromatic rings. The molecule has 0 radical (unpaired) electrons. The Bertz CT molecular complexity index is 2580. The lowest BCUT2D eigenvalue weighted by molar-refractivity contribution is -0.120. The number of fused-ring (bicyclic) bond motifs is 2. The highest BCUT2D eigenvalue weighted by molar-refractivity contribution is 5.89. The number of anilines is 4. The number of nitrogens with two attached hydrogens (primary N) is 4. The minimum atomic E-state index is -1.05. The second-order valence-corrected chi connectivity index (χ2v) is 12.5. The molecule has 2 aromatic heterocycles. The monoisotopic (exact) mass is 718 g/mol. The molecule has 6 aromatic carbocycles. The van der Waals surface area contributed by atoms with Crippen molar-refractivity contribution in [3.8, 4) is 39.4 Å². The van der Waals surface area contributed by atoms with Crippen molar-refractivity contribution >= 4 is 57.3 Å². The Balaban J connectivity index is 0.000000152. The molecule has 0 fully saturated rings. The van der Waals surface area contributed by atoms with Crippen LogP contribution in [0.15, 0.2) is 121 Å². The summed E-state index contributed by atoms with van der Waals surface area (Å²) in [6.45, 7) is 4.32. The number of aromatic nitrogens is 4. The van der Waals surface area contributed by atoms with Gasteiger partial charge in [0.25, 0.3) is 6.47 Å². The number of nitrogen functional groups attached to an aromatic ring is 4. The number of H-pyrrole nitrogens is 2. The van der Waals surface area contributed by atoms with Crippen molar-refractivity contribution in [2.75, 3.05) is 22.9 Å². The van der Waals surface area contributed by atoms with Crippen LogP contribution in [0.4, 0.5) is 22.7 Å². The number of aromatic amines is 2. The normalized spacial score (nSPS) is 10.6. The van der Waals surface area contributed by atoms with Gasteiger partial charge in [0.1, 0.15) is 17.4 Å². The summed E-state index contributed by atoms with van der Waals surface area (Å²) in [5.74, 6) is 1.01. The Morgan fingerprint density at radius 1 is 0.611 bits per heavy atom. The molecule has 0 aliphatic heterocycles. The number of carbonyl (C=O) groups excluding carboxylic acids is 1. The number of aromatic carboxylic acids is 1. The minimum Gasteiger partial charge on any atom is -0.478 e. The first-order valence-corrected chi connectivity index (χ1v) is 16.7. The van der Waals surface area contributed by atoms with E-state index in [1.165, 1.54) is 29.8 Å². The molecule has 0 saturated carbocycles. The van der Waals surface area contributed by atoms with Crippen LogP contribution in [-0.4, -0.2) is 37.5 Å². The fraction of sp³-hybridized carbons (Fsp3) is 0.0476. The largest absolute Gasteiger partial charge is 0.478 e. The van der Waals surface area contributed by atoms with Gasteiger partial charge in [-0.25, -0.2) is 14.8 Å². The van der Waals surface area contributed by atoms with Crippen molar-refractivity contribution in [2.24, 2.45) is 0 Å². The molecule has 0 saturated heterocycles. The number of hydrogen-bond acceptors (Lipinski definition) is 9. The molecule has 2 heterocycles. The molecule has 270 valence electrons. The van der Waals surface area contributed by atoms with Gasteiger partial charge in [-0.1, -0.05) is 54.1 Å². The van der Waals surface area contributed by atoms with Gasteiger partial charge in [0.2, 0.25) is 0 Å². The Morgan fingerprint density at radius 3 is 1.74 bits per heavy atom. The standard InChI is InChI=1S/C22H18N4.C12H14N4.C8H6O4/c1-13-4-3-5-17(10-13)22-25-19-9-7-16(12-21(19)26-22)15-6-8-18-20(11-15)24-14(2)23-18;13-9-3-1-7(5-11(9)15)8-2-4-10(14)12(16)6-8;9-5-12-7-3-1-2-6(4-7)8(10)11/h3-12H,1-2H3,(H,23,24)(H,25,26);1-6H,13-16H2;1-5H,(H,10,11). The van der Waals surface area contributed by atoms with Crippen LogP contribution in [0.25, 0.3) is 55.7 Å². The average molecular weight is 719 g/mol. The zero-order chi connectivity index (χ0) is 38.4. The molecule has 0 aliphatic carbocycles. The van der Waals surface area contributed by atoms with Gasteiger partial charge in [-0.2, -0.15) is 0 Å². The average Bonchev–Trinajstić information content (AvgIpc) is 3.77. The van der Waals surface area contributed by atoms with Gasteiger partial charge in [0.15, 0.2) is 0 Å². The minimum absolute atomic E-state index is 0.0920. The number of imidazole rings is 2. The summed E-state index contributed by atoms with van der Waals surface area (Å²) in [6.07, 6.45) is 0. The number of carboxylic acids is 1. The zero-order valence-corrected chi connectivity index (χ0v) is 29.5. The molecule has 0 spiro atoms. The first kappa shape index (κ1) is 36.2. The van der Waals surface area contributed by atoms with E-state index in [2.05, 4.69) is 87.3 Å². The lowest BCUT2D eigenvalue weighted by Crippen LogP contribution is -1.96. The van der Waals surface area contributed by atoms with Crippen LogP contribution in [0.1, 0.15) is 21.7 Å². The van der Waals surface area contributed by atoms with Gasteiger partial charge in [-0.05, 0) is 109 Å².